The topological polar surface area (TPSA) is 52.8 Å². The third-order valence-corrected chi connectivity index (χ3v) is 4.61. The van der Waals surface area contributed by atoms with Gasteiger partial charge in [-0.15, -0.1) is 0 Å². The second-order valence-corrected chi connectivity index (χ2v) is 6.68. The first kappa shape index (κ1) is 16.5. The molecule has 0 aliphatic heterocycles. The predicted molar refractivity (Wildman–Crippen MR) is 84.1 cm³/mol. The first-order chi connectivity index (χ1) is 9.19. The molecule has 2 N–H and O–H groups in total. The Morgan fingerprint density at radius 3 is 2.05 bits per heavy atom. The fourth-order valence-corrected chi connectivity index (χ4v) is 2.12. The van der Waals surface area contributed by atoms with Gasteiger partial charge in [-0.05, 0) is 35.3 Å². The summed E-state index contributed by atoms with van der Waals surface area (Å²) in [6.07, 6.45) is 3.23. The molecule has 3 heteroatoms. The van der Waals surface area contributed by atoms with Gasteiger partial charge < -0.3 is 10.3 Å². The van der Waals surface area contributed by atoms with Crippen LogP contribution in [-0.2, 0) is 10.8 Å². The number of nitrogens with zero attached hydrogens (tertiary/aromatic N) is 1. The molecule has 0 saturated carbocycles. The van der Waals surface area contributed by atoms with Crippen LogP contribution in [0, 0.1) is 0 Å². The molecule has 20 heavy (non-hydrogen) atoms. The zero-order valence-electron chi connectivity index (χ0n) is 13.5. The summed E-state index contributed by atoms with van der Waals surface area (Å²) in [7, 11) is 0. The summed E-state index contributed by atoms with van der Waals surface area (Å²) in [6.45, 7) is 12.9. The van der Waals surface area contributed by atoms with E-state index < -0.39 is 0 Å². The number of hydrogen-bond donors (Lipinski definition) is 2. The molecule has 1 aromatic rings. The Labute approximate surface area is 122 Å². The van der Waals surface area contributed by atoms with E-state index in [0.29, 0.717) is 5.56 Å². The van der Waals surface area contributed by atoms with E-state index in [1.807, 2.05) is 6.07 Å². The van der Waals surface area contributed by atoms with Gasteiger partial charge in [-0.25, -0.2) is 0 Å². The molecule has 0 amide bonds. The summed E-state index contributed by atoms with van der Waals surface area (Å²) in [5.41, 5.74) is 2.54. The van der Waals surface area contributed by atoms with Crippen molar-refractivity contribution in [2.45, 2.75) is 65.2 Å². The van der Waals surface area contributed by atoms with E-state index in [1.54, 1.807) is 0 Å². The maximum Gasteiger partial charge on any atom is 0.128 e. The van der Waals surface area contributed by atoms with Crippen LogP contribution in [0.2, 0.25) is 0 Å². The van der Waals surface area contributed by atoms with E-state index in [1.165, 1.54) is 6.21 Å². The molecule has 0 aliphatic carbocycles. The lowest BCUT2D eigenvalue weighted by Gasteiger charge is -2.30. The van der Waals surface area contributed by atoms with Gasteiger partial charge in [0.25, 0.3) is 0 Å². The molecule has 1 rings (SSSR count). The van der Waals surface area contributed by atoms with Gasteiger partial charge in [0, 0.05) is 11.1 Å². The highest BCUT2D eigenvalue weighted by molar-refractivity contribution is 5.84. The largest absolute Gasteiger partial charge is 0.507 e. The fourth-order valence-electron chi connectivity index (χ4n) is 2.12. The van der Waals surface area contributed by atoms with E-state index in [4.69, 9.17) is 5.21 Å². The molecule has 0 atom stereocenters. The summed E-state index contributed by atoms with van der Waals surface area (Å²) in [6, 6.07) is 4.00. The van der Waals surface area contributed by atoms with Gasteiger partial charge in [0.1, 0.15) is 5.75 Å². The Bertz CT molecular complexity index is 502. The second kappa shape index (κ2) is 5.86. The maximum atomic E-state index is 10.4. The number of phenolic OH excluding ortho intramolecular Hbond substituents is 1. The van der Waals surface area contributed by atoms with Crippen LogP contribution < -0.4 is 0 Å². The highest BCUT2D eigenvalue weighted by Crippen LogP contribution is 2.39. The Morgan fingerprint density at radius 1 is 1.05 bits per heavy atom. The molecule has 0 aliphatic rings. The van der Waals surface area contributed by atoms with Gasteiger partial charge in [0.15, 0.2) is 0 Å². The number of aromatic hydroxyl groups is 1. The van der Waals surface area contributed by atoms with Crippen molar-refractivity contribution in [2.24, 2.45) is 5.16 Å². The zero-order chi connectivity index (χ0) is 15.6. The fraction of sp³-hybridized carbons (Fsp3) is 0.588. The van der Waals surface area contributed by atoms with E-state index in [2.05, 4.69) is 52.8 Å². The highest BCUT2D eigenvalue weighted by atomic mass is 16.4. The highest BCUT2D eigenvalue weighted by Gasteiger charge is 2.27. The van der Waals surface area contributed by atoms with Gasteiger partial charge >= 0.3 is 0 Å². The van der Waals surface area contributed by atoms with Crippen LogP contribution in [0.15, 0.2) is 17.3 Å². The van der Waals surface area contributed by atoms with Crippen molar-refractivity contribution in [1.82, 2.24) is 0 Å². The molecule has 3 nitrogen and oxygen atoms in total. The summed E-state index contributed by atoms with van der Waals surface area (Å²) in [5.74, 6) is 0.213. The van der Waals surface area contributed by atoms with Gasteiger partial charge in [0.05, 0.1) is 6.21 Å². The van der Waals surface area contributed by atoms with E-state index in [9.17, 15) is 5.11 Å². The maximum absolute atomic E-state index is 10.4. The van der Waals surface area contributed by atoms with Gasteiger partial charge in [-0.3, -0.25) is 0 Å². The van der Waals surface area contributed by atoms with Gasteiger partial charge in [0.2, 0.25) is 0 Å². The molecule has 0 fully saturated rings. The average molecular weight is 277 g/mol. The minimum Gasteiger partial charge on any atom is -0.507 e. The number of rotatable bonds is 5. The third kappa shape index (κ3) is 3.14. The van der Waals surface area contributed by atoms with Crippen molar-refractivity contribution in [3.63, 3.8) is 0 Å². The Kier molecular flexibility index (Phi) is 4.85. The minimum absolute atomic E-state index is 0.0182. The van der Waals surface area contributed by atoms with Crippen molar-refractivity contribution in [2.75, 3.05) is 0 Å². The number of phenols is 1. The van der Waals surface area contributed by atoms with Crippen molar-refractivity contribution in [3.8, 4) is 5.75 Å². The standard InChI is InChI=1S/C17H27NO2/c1-7-16(3,4)13-9-12(11-18-20)15(19)14(10-13)17(5,6)8-2/h9-11,19-20H,7-8H2,1-6H3. The number of oxime groups is 1. The number of benzene rings is 1. The summed E-state index contributed by atoms with van der Waals surface area (Å²) in [4.78, 5) is 0. The average Bonchev–Trinajstić information content (AvgIpc) is 2.40. The second-order valence-electron chi connectivity index (χ2n) is 6.68. The lowest BCUT2D eigenvalue weighted by Crippen LogP contribution is -2.21. The van der Waals surface area contributed by atoms with Crippen LogP contribution in [0.1, 0.15) is 71.1 Å². The molecule has 0 radical (unpaired) electrons. The molecule has 0 heterocycles. The molecule has 0 aromatic heterocycles. The van der Waals surface area contributed by atoms with E-state index in [0.717, 1.165) is 24.0 Å². The summed E-state index contributed by atoms with van der Waals surface area (Å²) < 4.78 is 0. The normalized spacial score (nSPS) is 13.1. The molecular formula is C17H27NO2. The van der Waals surface area contributed by atoms with Crippen LogP contribution in [0.4, 0.5) is 0 Å². The predicted octanol–water partition coefficient (Wildman–Crippen LogP) is 4.58. The third-order valence-electron chi connectivity index (χ3n) is 4.61. The lowest BCUT2D eigenvalue weighted by molar-refractivity contribution is 0.321. The van der Waals surface area contributed by atoms with Crippen molar-refractivity contribution in [3.05, 3.63) is 28.8 Å². The van der Waals surface area contributed by atoms with Gasteiger partial charge in [-0.2, -0.15) is 0 Å². The van der Waals surface area contributed by atoms with Crippen LogP contribution in [-0.4, -0.2) is 16.5 Å². The Morgan fingerprint density at radius 2 is 1.60 bits per heavy atom. The van der Waals surface area contributed by atoms with Crippen molar-refractivity contribution < 1.29 is 10.3 Å². The summed E-state index contributed by atoms with van der Waals surface area (Å²) >= 11 is 0. The molecule has 0 bridgehead atoms. The molecule has 0 saturated heterocycles. The molecule has 112 valence electrons. The summed E-state index contributed by atoms with van der Waals surface area (Å²) in [5, 5.41) is 22.3. The Balaban J connectivity index is 3.60. The van der Waals surface area contributed by atoms with Crippen LogP contribution in [0.25, 0.3) is 0 Å². The van der Waals surface area contributed by atoms with Crippen molar-refractivity contribution in [1.29, 1.82) is 0 Å². The first-order valence-electron chi connectivity index (χ1n) is 7.25. The van der Waals surface area contributed by atoms with Crippen LogP contribution in [0.3, 0.4) is 0 Å². The van der Waals surface area contributed by atoms with Crippen LogP contribution in [0.5, 0.6) is 5.75 Å². The first-order valence-corrected chi connectivity index (χ1v) is 7.25. The van der Waals surface area contributed by atoms with E-state index in [-0.39, 0.29) is 16.6 Å². The monoisotopic (exact) mass is 277 g/mol. The molecule has 1 aromatic carbocycles. The number of hydrogen-bond acceptors (Lipinski definition) is 3. The zero-order valence-corrected chi connectivity index (χ0v) is 13.5. The molecular weight excluding hydrogens is 250 g/mol. The minimum atomic E-state index is -0.123. The smallest absolute Gasteiger partial charge is 0.128 e. The van der Waals surface area contributed by atoms with Crippen molar-refractivity contribution >= 4 is 6.21 Å². The molecule has 0 unspecified atom stereocenters. The van der Waals surface area contributed by atoms with E-state index >= 15 is 0 Å². The van der Waals surface area contributed by atoms with Gasteiger partial charge in [-0.1, -0.05) is 52.8 Å². The quantitative estimate of drug-likeness (QED) is 0.470. The Hall–Kier alpha value is -1.51. The lowest BCUT2D eigenvalue weighted by atomic mass is 9.75. The SMILES string of the molecule is CCC(C)(C)c1cc(C=NO)c(O)c(C(C)(C)CC)c1. The molecule has 0 spiro atoms. The van der Waals surface area contributed by atoms with Crippen LogP contribution >= 0.6 is 0 Å².